The van der Waals surface area contributed by atoms with Crippen LogP contribution in [-0.2, 0) is 0 Å². The average molecular weight is 283 g/mol. The second-order valence-electron chi connectivity index (χ2n) is 4.07. The van der Waals surface area contributed by atoms with Crippen molar-refractivity contribution in [3.05, 3.63) is 58.3 Å². The van der Waals surface area contributed by atoms with Crippen LogP contribution in [0.25, 0.3) is 0 Å². The highest BCUT2D eigenvalue weighted by Gasteiger charge is 2.09. The van der Waals surface area contributed by atoms with E-state index in [1.807, 2.05) is 0 Å². The lowest BCUT2D eigenvalue weighted by molar-refractivity contribution is 0.102. The van der Waals surface area contributed by atoms with Crippen LogP contribution < -0.4 is 10.9 Å². The fourth-order valence-electron chi connectivity index (χ4n) is 1.57. The van der Waals surface area contributed by atoms with E-state index in [1.54, 1.807) is 24.3 Å². The molecular weight excluding hydrogens is 270 g/mol. The van der Waals surface area contributed by atoms with Crippen LogP contribution in [0, 0.1) is 11.8 Å². The van der Waals surface area contributed by atoms with E-state index in [2.05, 4.69) is 27.1 Å². The standard InChI is InChI=1S/C15H13N3O3/c19-8-4-3-6-11-5-1-2-7-12(11)18-15(21)13-9-17-14(20)10-16-13/h1-2,5,7,9-10,19H,4,8H2,(H,17,20)(H,18,21). The third-order valence-corrected chi connectivity index (χ3v) is 2.54. The molecule has 1 amide bonds. The Morgan fingerprint density at radius 3 is 2.90 bits per heavy atom. The lowest BCUT2D eigenvalue weighted by Gasteiger charge is -2.06. The van der Waals surface area contributed by atoms with Crippen molar-refractivity contribution in [3.8, 4) is 11.8 Å². The number of benzene rings is 1. The van der Waals surface area contributed by atoms with Gasteiger partial charge in [-0.15, -0.1) is 0 Å². The van der Waals surface area contributed by atoms with E-state index < -0.39 is 5.91 Å². The highest BCUT2D eigenvalue weighted by atomic mass is 16.2. The van der Waals surface area contributed by atoms with E-state index in [0.717, 1.165) is 6.20 Å². The van der Waals surface area contributed by atoms with Crippen LogP contribution in [0.15, 0.2) is 41.5 Å². The van der Waals surface area contributed by atoms with Crippen LogP contribution in [0.1, 0.15) is 22.5 Å². The number of aromatic amines is 1. The van der Waals surface area contributed by atoms with Crippen molar-refractivity contribution >= 4 is 11.6 Å². The molecule has 3 N–H and O–H groups in total. The molecule has 0 aliphatic rings. The number of amides is 1. The van der Waals surface area contributed by atoms with Crippen LogP contribution in [0.3, 0.4) is 0 Å². The number of aliphatic hydroxyl groups is 1. The molecule has 0 atom stereocenters. The van der Waals surface area contributed by atoms with Gasteiger partial charge in [-0.05, 0) is 12.1 Å². The van der Waals surface area contributed by atoms with Gasteiger partial charge < -0.3 is 15.4 Å². The number of hydrogen-bond donors (Lipinski definition) is 3. The zero-order valence-electron chi connectivity index (χ0n) is 11.1. The Bertz CT molecular complexity index is 736. The molecule has 0 unspecified atom stereocenters. The summed E-state index contributed by atoms with van der Waals surface area (Å²) in [6, 6.07) is 7.05. The average Bonchev–Trinajstić information content (AvgIpc) is 2.50. The van der Waals surface area contributed by atoms with Crippen molar-refractivity contribution in [2.45, 2.75) is 6.42 Å². The molecule has 0 fully saturated rings. The van der Waals surface area contributed by atoms with Crippen molar-refractivity contribution in [3.63, 3.8) is 0 Å². The summed E-state index contributed by atoms with van der Waals surface area (Å²) in [6.45, 7) is -0.0111. The van der Waals surface area contributed by atoms with Crippen LogP contribution in [0.4, 0.5) is 5.69 Å². The molecule has 1 heterocycles. The van der Waals surface area contributed by atoms with Gasteiger partial charge in [-0.25, -0.2) is 4.98 Å². The Balaban J connectivity index is 2.20. The Labute approximate surface area is 120 Å². The molecule has 6 nitrogen and oxygen atoms in total. The second kappa shape index (κ2) is 7.03. The Hall–Kier alpha value is -2.91. The minimum atomic E-state index is -0.442. The maximum atomic E-state index is 12.0. The Kier molecular flexibility index (Phi) is 4.85. The number of aliphatic hydroxyl groups excluding tert-OH is 1. The Morgan fingerprint density at radius 2 is 2.19 bits per heavy atom. The molecule has 1 aromatic heterocycles. The molecule has 2 aromatic rings. The third-order valence-electron chi connectivity index (χ3n) is 2.54. The lowest BCUT2D eigenvalue weighted by Crippen LogP contribution is -2.17. The first-order valence-corrected chi connectivity index (χ1v) is 6.25. The summed E-state index contributed by atoms with van der Waals surface area (Å²) in [4.78, 5) is 29.1. The molecular formula is C15H13N3O3. The van der Waals surface area contributed by atoms with Gasteiger partial charge in [0.25, 0.3) is 11.5 Å². The molecule has 1 aromatic carbocycles. The molecule has 0 bridgehead atoms. The molecule has 0 aliphatic carbocycles. The van der Waals surface area contributed by atoms with Gasteiger partial charge in [0.15, 0.2) is 0 Å². The van der Waals surface area contributed by atoms with Crippen molar-refractivity contribution < 1.29 is 9.90 Å². The van der Waals surface area contributed by atoms with Crippen LogP contribution in [0.2, 0.25) is 0 Å². The van der Waals surface area contributed by atoms with Crippen molar-refractivity contribution in [1.29, 1.82) is 0 Å². The van der Waals surface area contributed by atoms with Crippen LogP contribution >= 0.6 is 0 Å². The topological polar surface area (TPSA) is 95.1 Å². The number of nitrogens with one attached hydrogen (secondary N) is 2. The first-order valence-electron chi connectivity index (χ1n) is 6.25. The summed E-state index contributed by atoms with van der Waals surface area (Å²) in [5, 5.41) is 11.4. The normalized spacial score (nSPS) is 9.57. The first-order chi connectivity index (χ1) is 10.2. The van der Waals surface area contributed by atoms with Gasteiger partial charge in [0, 0.05) is 18.2 Å². The number of rotatable bonds is 3. The van der Waals surface area contributed by atoms with Crippen LogP contribution in [0.5, 0.6) is 0 Å². The highest BCUT2D eigenvalue weighted by molar-refractivity contribution is 6.03. The van der Waals surface area contributed by atoms with E-state index in [-0.39, 0.29) is 17.9 Å². The summed E-state index contributed by atoms with van der Waals surface area (Å²) in [7, 11) is 0. The number of carbonyl (C=O) groups excluding carboxylic acids is 1. The molecule has 0 spiro atoms. The van der Waals surface area contributed by atoms with Gasteiger partial charge >= 0.3 is 0 Å². The molecule has 0 saturated carbocycles. The zero-order valence-corrected chi connectivity index (χ0v) is 11.1. The highest BCUT2D eigenvalue weighted by Crippen LogP contribution is 2.14. The van der Waals surface area contributed by atoms with E-state index in [0.29, 0.717) is 17.7 Å². The van der Waals surface area contributed by atoms with E-state index in [4.69, 9.17) is 5.11 Å². The SMILES string of the molecule is O=C(Nc1ccccc1C#CCCO)c1c[nH]c(=O)cn1. The smallest absolute Gasteiger partial charge is 0.275 e. The van der Waals surface area contributed by atoms with Crippen LogP contribution in [-0.4, -0.2) is 27.6 Å². The summed E-state index contributed by atoms with van der Waals surface area (Å²) in [5.74, 6) is 5.23. The fraction of sp³-hybridized carbons (Fsp3) is 0.133. The molecule has 2 rings (SSSR count). The summed E-state index contributed by atoms with van der Waals surface area (Å²) < 4.78 is 0. The lowest BCUT2D eigenvalue weighted by atomic mass is 10.1. The van der Waals surface area contributed by atoms with Crippen molar-refractivity contribution in [2.24, 2.45) is 0 Å². The largest absolute Gasteiger partial charge is 0.395 e. The van der Waals surface area contributed by atoms with Gasteiger partial charge in [0.2, 0.25) is 0 Å². The molecule has 0 saturated heterocycles. The third kappa shape index (κ3) is 4.03. The molecule has 21 heavy (non-hydrogen) atoms. The molecule has 106 valence electrons. The quantitative estimate of drug-likeness (QED) is 0.725. The van der Waals surface area contributed by atoms with E-state index in [1.165, 1.54) is 6.20 Å². The number of hydrogen-bond acceptors (Lipinski definition) is 4. The predicted octanol–water partition coefficient (Wildman–Crippen LogP) is 0.756. The van der Waals surface area contributed by atoms with Crippen molar-refractivity contribution in [1.82, 2.24) is 9.97 Å². The second-order valence-corrected chi connectivity index (χ2v) is 4.07. The number of H-pyrrole nitrogens is 1. The Morgan fingerprint density at radius 1 is 1.38 bits per heavy atom. The van der Waals surface area contributed by atoms with Gasteiger partial charge in [-0.3, -0.25) is 9.59 Å². The first kappa shape index (κ1) is 14.5. The van der Waals surface area contributed by atoms with Crippen molar-refractivity contribution in [2.75, 3.05) is 11.9 Å². The predicted molar refractivity (Wildman–Crippen MR) is 77.8 cm³/mol. The molecule has 0 radical (unpaired) electrons. The molecule has 0 aliphatic heterocycles. The van der Waals surface area contributed by atoms with E-state index >= 15 is 0 Å². The minimum absolute atomic E-state index is 0.0111. The zero-order chi connectivity index (χ0) is 15.1. The van der Waals surface area contributed by atoms with Gasteiger partial charge in [-0.1, -0.05) is 24.0 Å². The van der Waals surface area contributed by atoms with Gasteiger partial charge in [0.05, 0.1) is 18.5 Å². The van der Waals surface area contributed by atoms with Gasteiger partial charge in [-0.2, -0.15) is 0 Å². The summed E-state index contributed by atoms with van der Waals surface area (Å²) in [5.41, 5.74) is 0.916. The minimum Gasteiger partial charge on any atom is -0.395 e. The number of anilines is 1. The maximum absolute atomic E-state index is 12.0. The fourth-order valence-corrected chi connectivity index (χ4v) is 1.57. The summed E-state index contributed by atoms with van der Waals surface area (Å²) >= 11 is 0. The van der Waals surface area contributed by atoms with Gasteiger partial charge in [0.1, 0.15) is 5.69 Å². The summed E-state index contributed by atoms with van der Waals surface area (Å²) in [6.07, 6.45) is 2.66. The monoisotopic (exact) mass is 283 g/mol. The number of carbonyl (C=O) groups is 1. The number of aromatic nitrogens is 2. The van der Waals surface area contributed by atoms with E-state index in [9.17, 15) is 9.59 Å². The number of para-hydroxylation sites is 1. The molecule has 6 heteroatoms. The number of nitrogens with zero attached hydrogens (tertiary/aromatic N) is 1. The maximum Gasteiger partial charge on any atom is 0.275 e.